The van der Waals surface area contributed by atoms with E-state index in [4.69, 9.17) is 9.47 Å². The Morgan fingerprint density at radius 2 is 2.00 bits per heavy atom. The fraction of sp³-hybridized carbons (Fsp3) is 0.450. The van der Waals surface area contributed by atoms with E-state index in [9.17, 15) is 5.11 Å². The van der Waals surface area contributed by atoms with Crippen molar-refractivity contribution in [2.75, 3.05) is 32.9 Å². The fourth-order valence-corrected chi connectivity index (χ4v) is 3.05. The minimum absolute atomic E-state index is 0.204. The monoisotopic (exact) mass is 342 g/mol. The number of aryl methyl sites for hydroxylation is 2. The van der Waals surface area contributed by atoms with Gasteiger partial charge in [-0.25, -0.2) is 0 Å². The van der Waals surface area contributed by atoms with Crippen LogP contribution < -0.4 is 4.74 Å². The third-order valence-corrected chi connectivity index (χ3v) is 4.52. The Kier molecular flexibility index (Phi) is 5.68. The molecule has 0 saturated carbocycles. The van der Waals surface area contributed by atoms with Crippen molar-refractivity contribution in [2.45, 2.75) is 26.0 Å². The lowest BCUT2D eigenvalue weighted by atomic mass is 10.1. The van der Waals surface area contributed by atoms with Crippen LogP contribution >= 0.6 is 0 Å². The minimum Gasteiger partial charge on any atom is -0.490 e. The van der Waals surface area contributed by atoms with Crippen molar-refractivity contribution in [3.05, 3.63) is 59.4 Å². The van der Waals surface area contributed by atoms with Crippen molar-refractivity contribution in [2.24, 2.45) is 0 Å². The number of para-hydroxylation sites is 1. The molecule has 134 valence electrons. The molecule has 3 rings (SSSR count). The SMILES string of the molecule is Cc1ccccc1OC[C@@]1(O)COCCN(Cc2ncccc2C)C1. The Morgan fingerprint density at radius 3 is 2.80 bits per heavy atom. The summed E-state index contributed by atoms with van der Waals surface area (Å²) in [7, 11) is 0. The second kappa shape index (κ2) is 7.95. The molecule has 0 aliphatic carbocycles. The topological polar surface area (TPSA) is 54.8 Å². The summed E-state index contributed by atoms with van der Waals surface area (Å²) in [6, 6.07) is 11.8. The van der Waals surface area contributed by atoms with E-state index in [2.05, 4.69) is 22.9 Å². The third kappa shape index (κ3) is 4.78. The van der Waals surface area contributed by atoms with E-state index in [-0.39, 0.29) is 13.2 Å². The lowest BCUT2D eigenvalue weighted by Gasteiger charge is -2.30. The summed E-state index contributed by atoms with van der Waals surface area (Å²) in [5.41, 5.74) is 2.21. The van der Waals surface area contributed by atoms with Crippen molar-refractivity contribution in [3.63, 3.8) is 0 Å². The average molecular weight is 342 g/mol. The van der Waals surface area contributed by atoms with Crippen molar-refractivity contribution in [3.8, 4) is 5.75 Å². The zero-order chi connectivity index (χ0) is 17.7. The van der Waals surface area contributed by atoms with E-state index in [1.54, 1.807) is 0 Å². The van der Waals surface area contributed by atoms with Crippen LogP contribution in [0.4, 0.5) is 0 Å². The molecule has 0 spiro atoms. The summed E-state index contributed by atoms with van der Waals surface area (Å²) < 4.78 is 11.5. The van der Waals surface area contributed by atoms with Gasteiger partial charge in [-0.3, -0.25) is 9.88 Å². The number of β-amino-alcohol motifs (C(OH)–C–C–N with tert-alkyl or cyclic N) is 1. The highest BCUT2D eigenvalue weighted by Crippen LogP contribution is 2.21. The lowest BCUT2D eigenvalue weighted by Crippen LogP contribution is -2.48. The Labute approximate surface area is 149 Å². The van der Waals surface area contributed by atoms with Gasteiger partial charge in [0, 0.05) is 25.8 Å². The summed E-state index contributed by atoms with van der Waals surface area (Å²) in [6.45, 7) is 7.09. The van der Waals surface area contributed by atoms with Crippen LogP contribution in [0, 0.1) is 13.8 Å². The Bertz CT molecular complexity index is 707. The maximum atomic E-state index is 11.0. The van der Waals surface area contributed by atoms with Crippen molar-refractivity contribution in [1.29, 1.82) is 0 Å². The number of nitrogens with zero attached hydrogens (tertiary/aromatic N) is 2. The molecule has 1 aliphatic rings. The zero-order valence-electron chi connectivity index (χ0n) is 14.9. The molecule has 2 heterocycles. The highest BCUT2D eigenvalue weighted by Gasteiger charge is 2.34. The van der Waals surface area contributed by atoms with E-state index >= 15 is 0 Å². The smallest absolute Gasteiger partial charge is 0.134 e. The number of benzene rings is 1. The first-order valence-corrected chi connectivity index (χ1v) is 8.67. The molecule has 0 unspecified atom stereocenters. The Morgan fingerprint density at radius 1 is 1.20 bits per heavy atom. The van der Waals surface area contributed by atoms with Gasteiger partial charge in [-0.05, 0) is 37.1 Å². The number of ether oxygens (including phenoxy) is 2. The summed E-state index contributed by atoms with van der Waals surface area (Å²) >= 11 is 0. The maximum Gasteiger partial charge on any atom is 0.134 e. The number of hydrogen-bond acceptors (Lipinski definition) is 5. The van der Waals surface area contributed by atoms with E-state index < -0.39 is 5.60 Å². The number of aliphatic hydroxyl groups is 1. The molecule has 1 saturated heterocycles. The molecule has 5 heteroatoms. The second-order valence-electron chi connectivity index (χ2n) is 6.81. The van der Waals surface area contributed by atoms with E-state index in [1.165, 1.54) is 0 Å². The molecule has 0 amide bonds. The largest absolute Gasteiger partial charge is 0.490 e. The minimum atomic E-state index is -1.04. The molecule has 0 bridgehead atoms. The molecule has 1 aromatic heterocycles. The number of rotatable bonds is 5. The van der Waals surface area contributed by atoms with Gasteiger partial charge in [0.2, 0.25) is 0 Å². The maximum absolute atomic E-state index is 11.0. The van der Waals surface area contributed by atoms with Gasteiger partial charge in [-0.1, -0.05) is 24.3 Å². The molecule has 25 heavy (non-hydrogen) atoms. The molecular formula is C20H26N2O3. The van der Waals surface area contributed by atoms with Crippen LogP contribution in [0.1, 0.15) is 16.8 Å². The number of hydrogen-bond donors (Lipinski definition) is 1. The summed E-state index contributed by atoms with van der Waals surface area (Å²) in [4.78, 5) is 6.64. The first kappa shape index (κ1) is 17.9. The van der Waals surface area contributed by atoms with Crippen LogP contribution in [0.5, 0.6) is 5.75 Å². The van der Waals surface area contributed by atoms with Crippen LogP contribution in [-0.4, -0.2) is 53.5 Å². The van der Waals surface area contributed by atoms with E-state index in [1.807, 2.05) is 43.5 Å². The third-order valence-electron chi connectivity index (χ3n) is 4.52. The first-order valence-electron chi connectivity index (χ1n) is 8.67. The predicted octanol–water partition coefficient (Wildman–Crippen LogP) is 2.34. The molecule has 0 radical (unpaired) electrons. The van der Waals surface area contributed by atoms with Gasteiger partial charge >= 0.3 is 0 Å². The van der Waals surface area contributed by atoms with Crippen molar-refractivity contribution >= 4 is 0 Å². The van der Waals surface area contributed by atoms with Gasteiger partial charge in [0.25, 0.3) is 0 Å². The highest BCUT2D eigenvalue weighted by atomic mass is 16.5. The first-order chi connectivity index (χ1) is 12.1. The van der Waals surface area contributed by atoms with Gasteiger partial charge in [-0.2, -0.15) is 0 Å². The highest BCUT2D eigenvalue weighted by molar-refractivity contribution is 5.31. The summed E-state index contributed by atoms with van der Waals surface area (Å²) in [6.07, 6.45) is 1.81. The van der Waals surface area contributed by atoms with Gasteiger partial charge < -0.3 is 14.6 Å². The molecule has 1 N–H and O–H groups in total. The van der Waals surface area contributed by atoms with Crippen molar-refractivity contribution in [1.82, 2.24) is 9.88 Å². The molecule has 1 fully saturated rings. The predicted molar refractivity (Wildman–Crippen MR) is 96.7 cm³/mol. The van der Waals surface area contributed by atoms with Crippen LogP contribution in [0.2, 0.25) is 0 Å². The Hall–Kier alpha value is -1.95. The molecule has 2 aromatic rings. The van der Waals surface area contributed by atoms with Gasteiger partial charge in [0.15, 0.2) is 0 Å². The van der Waals surface area contributed by atoms with Crippen molar-refractivity contribution < 1.29 is 14.6 Å². The fourth-order valence-electron chi connectivity index (χ4n) is 3.05. The van der Waals surface area contributed by atoms with Crippen LogP contribution in [0.3, 0.4) is 0 Å². The van der Waals surface area contributed by atoms with E-state index in [0.29, 0.717) is 19.7 Å². The summed E-state index contributed by atoms with van der Waals surface area (Å²) in [5, 5.41) is 11.0. The quantitative estimate of drug-likeness (QED) is 0.904. The van der Waals surface area contributed by atoms with Crippen LogP contribution in [0.25, 0.3) is 0 Å². The van der Waals surface area contributed by atoms with E-state index in [0.717, 1.165) is 29.1 Å². The second-order valence-corrected chi connectivity index (χ2v) is 6.81. The molecule has 5 nitrogen and oxygen atoms in total. The molecular weight excluding hydrogens is 316 g/mol. The summed E-state index contributed by atoms with van der Waals surface area (Å²) in [5.74, 6) is 0.798. The lowest BCUT2D eigenvalue weighted by molar-refractivity contribution is -0.0648. The molecule has 1 aromatic carbocycles. The standard InChI is InChI=1S/C20H26N2O3/c1-16-7-5-9-21-18(16)12-22-10-11-24-14-20(23,13-22)15-25-19-8-4-3-6-17(19)2/h3-9,23H,10-15H2,1-2H3/t20-/m0/s1. The van der Waals surface area contributed by atoms with Crippen LogP contribution in [0.15, 0.2) is 42.6 Å². The Balaban J connectivity index is 1.66. The normalized spacial score (nSPS) is 21.7. The van der Waals surface area contributed by atoms with Gasteiger partial charge in [0.1, 0.15) is 18.0 Å². The van der Waals surface area contributed by atoms with Gasteiger partial charge in [0.05, 0.1) is 18.9 Å². The average Bonchev–Trinajstić information content (AvgIpc) is 2.78. The molecule has 1 atom stereocenters. The van der Waals surface area contributed by atoms with Gasteiger partial charge in [-0.15, -0.1) is 0 Å². The zero-order valence-corrected chi connectivity index (χ0v) is 14.9. The molecule has 1 aliphatic heterocycles. The van der Waals surface area contributed by atoms with Crippen LogP contribution in [-0.2, 0) is 11.3 Å². The number of aromatic nitrogens is 1. The number of pyridine rings is 1.